The van der Waals surface area contributed by atoms with Crippen LogP contribution in [0.4, 0.5) is 11.4 Å². The van der Waals surface area contributed by atoms with E-state index in [2.05, 4.69) is 191 Å². The van der Waals surface area contributed by atoms with E-state index in [0.29, 0.717) is 5.92 Å². The van der Waals surface area contributed by atoms with E-state index >= 15 is 0 Å². The molecule has 12 rings (SSSR count). The van der Waals surface area contributed by atoms with Crippen molar-refractivity contribution >= 4 is 33.2 Å². The highest BCUT2D eigenvalue weighted by atomic mass is 16.5. The molecule has 0 saturated carbocycles. The lowest BCUT2D eigenvalue weighted by atomic mass is 9.62. The number of aromatic nitrogens is 1. The Hall–Kier alpha value is -6.78. The zero-order valence-electron chi connectivity index (χ0n) is 28.7. The number of benzene rings is 7. The van der Waals surface area contributed by atoms with Crippen molar-refractivity contribution in [1.29, 1.82) is 0 Å². The molecular weight excluding hydrogens is 649 g/mol. The van der Waals surface area contributed by atoms with Crippen molar-refractivity contribution in [2.75, 3.05) is 4.90 Å². The predicted octanol–water partition coefficient (Wildman–Crippen LogP) is 12.1. The van der Waals surface area contributed by atoms with Gasteiger partial charge in [0.1, 0.15) is 23.0 Å². The van der Waals surface area contributed by atoms with Crippen LogP contribution in [0.5, 0.6) is 23.0 Å². The molecule has 0 fully saturated rings. The summed E-state index contributed by atoms with van der Waals surface area (Å²) in [6.07, 6.45) is 8.99. The van der Waals surface area contributed by atoms with Gasteiger partial charge in [-0.3, -0.25) is 0 Å². The fourth-order valence-corrected chi connectivity index (χ4v) is 9.72. The summed E-state index contributed by atoms with van der Waals surface area (Å²) >= 11 is 0. The van der Waals surface area contributed by atoms with Crippen LogP contribution in [0.3, 0.4) is 0 Å². The third-order valence-corrected chi connectivity index (χ3v) is 11.8. The molecule has 250 valence electrons. The topological polar surface area (TPSA) is 26.6 Å². The first kappa shape index (κ1) is 28.9. The second-order valence-electron chi connectivity index (χ2n) is 14.4. The van der Waals surface area contributed by atoms with E-state index in [1.54, 1.807) is 0 Å². The van der Waals surface area contributed by atoms with E-state index < -0.39 is 5.41 Å². The molecule has 7 aromatic carbocycles. The molecule has 53 heavy (non-hydrogen) atoms. The van der Waals surface area contributed by atoms with Gasteiger partial charge in [0.25, 0.3) is 0 Å². The summed E-state index contributed by atoms with van der Waals surface area (Å²) in [5, 5.41) is 2.47. The number of para-hydroxylation sites is 5. The van der Waals surface area contributed by atoms with Crippen LogP contribution in [0.1, 0.15) is 33.7 Å². The third kappa shape index (κ3) is 3.79. The molecule has 0 radical (unpaired) electrons. The molecular formula is C49H32N2O2. The highest BCUT2D eigenvalue weighted by Crippen LogP contribution is 2.62. The van der Waals surface area contributed by atoms with E-state index in [4.69, 9.17) is 9.47 Å². The van der Waals surface area contributed by atoms with Crippen LogP contribution in [-0.4, -0.2) is 10.6 Å². The number of hydrogen-bond donors (Lipinski definition) is 0. The molecule has 3 atom stereocenters. The fourth-order valence-electron chi connectivity index (χ4n) is 9.72. The van der Waals surface area contributed by atoms with Gasteiger partial charge >= 0.3 is 0 Å². The zero-order valence-corrected chi connectivity index (χ0v) is 28.7. The highest BCUT2D eigenvalue weighted by Gasteiger charge is 2.51. The Balaban J connectivity index is 1.13. The molecule has 0 amide bonds. The summed E-state index contributed by atoms with van der Waals surface area (Å²) < 4.78 is 16.2. The molecule has 3 aliphatic heterocycles. The molecule has 0 saturated heterocycles. The molecule has 0 bridgehead atoms. The number of nitrogens with zero attached hydrogens (tertiary/aromatic N) is 2. The van der Waals surface area contributed by atoms with Crippen LogP contribution in [0.15, 0.2) is 182 Å². The first-order chi connectivity index (χ1) is 26.3. The van der Waals surface area contributed by atoms with Gasteiger partial charge < -0.3 is 18.9 Å². The van der Waals surface area contributed by atoms with E-state index in [-0.39, 0.29) is 6.04 Å². The first-order valence-corrected chi connectivity index (χ1v) is 18.3. The average Bonchev–Trinajstić information content (AvgIpc) is 3.74. The van der Waals surface area contributed by atoms with Gasteiger partial charge in [-0.25, -0.2) is 0 Å². The van der Waals surface area contributed by atoms with Crippen molar-refractivity contribution in [3.8, 4) is 28.7 Å². The molecule has 1 aliphatic carbocycles. The number of allylic oxidation sites excluding steroid dienone is 2. The molecule has 8 aromatic rings. The van der Waals surface area contributed by atoms with Crippen molar-refractivity contribution in [3.05, 3.63) is 210 Å². The summed E-state index contributed by atoms with van der Waals surface area (Å²) in [6, 6.07) is 57.0. The summed E-state index contributed by atoms with van der Waals surface area (Å²) in [4.78, 5) is 2.48. The van der Waals surface area contributed by atoms with E-state index in [0.717, 1.165) is 56.6 Å². The van der Waals surface area contributed by atoms with Crippen LogP contribution in [0.2, 0.25) is 0 Å². The van der Waals surface area contributed by atoms with Gasteiger partial charge in [-0.2, -0.15) is 0 Å². The Bertz CT molecular complexity index is 2830. The standard InChI is InChI=1S/C49H32N2O2/c1-7-19-41-33(13-1)34-14-2-8-20-42(34)50(41)31-26-28-47-40(29-31)49(37-17-5-11-23-45(37)52-47)38-18-6-12-24-46(38)53-48-30-32(25-27-39(48)49)51-43-21-9-3-15-35(43)36-16-4-10-22-44(36)51/h1-30,35,43H. The minimum Gasteiger partial charge on any atom is -0.457 e. The van der Waals surface area contributed by atoms with Crippen molar-refractivity contribution in [3.63, 3.8) is 0 Å². The summed E-state index contributed by atoms with van der Waals surface area (Å²) in [7, 11) is 0. The van der Waals surface area contributed by atoms with Gasteiger partial charge in [0, 0.05) is 62.1 Å². The minimum absolute atomic E-state index is 0.193. The molecule has 1 aromatic heterocycles. The molecule has 4 aliphatic rings. The molecule has 4 heteroatoms. The maximum absolute atomic E-state index is 6.97. The normalized spacial score (nSPS) is 19.9. The second-order valence-corrected chi connectivity index (χ2v) is 14.4. The van der Waals surface area contributed by atoms with Crippen LogP contribution in [0.25, 0.3) is 27.5 Å². The molecule has 4 nitrogen and oxygen atoms in total. The quantitative estimate of drug-likeness (QED) is 0.182. The van der Waals surface area contributed by atoms with Crippen LogP contribution in [0, 0.1) is 0 Å². The lowest BCUT2D eigenvalue weighted by Crippen LogP contribution is -2.37. The highest BCUT2D eigenvalue weighted by molar-refractivity contribution is 6.09. The number of rotatable bonds is 2. The number of ether oxygens (including phenoxy) is 2. The van der Waals surface area contributed by atoms with Crippen LogP contribution >= 0.6 is 0 Å². The summed E-state index contributed by atoms with van der Waals surface area (Å²) in [5.74, 6) is 3.69. The van der Waals surface area contributed by atoms with Gasteiger partial charge in [0.15, 0.2) is 0 Å². The van der Waals surface area contributed by atoms with Crippen LogP contribution < -0.4 is 14.4 Å². The van der Waals surface area contributed by atoms with Crippen molar-refractivity contribution in [2.45, 2.75) is 17.4 Å². The molecule has 0 N–H and O–H groups in total. The Labute approximate surface area is 307 Å². The fraction of sp³-hybridized carbons (Fsp3) is 0.0612. The van der Waals surface area contributed by atoms with Crippen molar-refractivity contribution in [1.82, 2.24) is 4.57 Å². The number of anilines is 2. The van der Waals surface area contributed by atoms with Crippen molar-refractivity contribution in [2.24, 2.45) is 0 Å². The Morgan fingerprint density at radius 3 is 1.81 bits per heavy atom. The SMILES string of the molecule is C1=CC2c3ccccc3N(c3ccc4c(c3)Oc3ccccc3C43c4ccccc4Oc4ccc(-n5c6ccccc6c6ccccc65)cc43)C2C=C1. The van der Waals surface area contributed by atoms with Crippen LogP contribution in [-0.2, 0) is 5.41 Å². The van der Waals surface area contributed by atoms with E-state index in [1.807, 2.05) is 0 Å². The van der Waals surface area contributed by atoms with E-state index in [1.165, 1.54) is 33.1 Å². The molecule has 3 unspecified atom stereocenters. The number of fused-ring (bicyclic) bond motifs is 14. The summed E-state index contributed by atoms with van der Waals surface area (Å²) in [5.41, 5.74) is 10.8. The number of hydrogen-bond acceptors (Lipinski definition) is 3. The predicted molar refractivity (Wildman–Crippen MR) is 213 cm³/mol. The van der Waals surface area contributed by atoms with Crippen molar-refractivity contribution < 1.29 is 9.47 Å². The Kier molecular flexibility index (Phi) is 5.79. The summed E-state index contributed by atoms with van der Waals surface area (Å²) in [6.45, 7) is 0. The first-order valence-electron chi connectivity index (χ1n) is 18.3. The minimum atomic E-state index is -0.708. The Morgan fingerprint density at radius 2 is 1.04 bits per heavy atom. The second kappa shape index (κ2) is 10.6. The van der Waals surface area contributed by atoms with Gasteiger partial charge in [0.05, 0.1) is 22.5 Å². The average molecular weight is 681 g/mol. The maximum Gasteiger partial charge on any atom is 0.134 e. The smallest absolute Gasteiger partial charge is 0.134 e. The monoisotopic (exact) mass is 680 g/mol. The molecule has 4 heterocycles. The largest absolute Gasteiger partial charge is 0.457 e. The third-order valence-electron chi connectivity index (χ3n) is 11.8. The molecule has 1 spiro atoms. The van der Waals surface area contributed by atoms with Gasteiger partial charge in [-0.1, -0.05) is 121 Å². The lowest BCUT2D eigenvalue weighted by Gasteiger charge is -2.45. The Morgan fingerprint density at radius 1 is 0.453 bits per heavy atom. The van der Waals surface area contributed by atoms with Gasteiger partial charge in [-0.15, -0.1) is 0 Å². The lowest BCUT2D eigenvalue weighted by molar-refractivity contribution is 0.399. The van der Waals surface area contributed by atoms with Gasteiger partial charge in [0.2, 0.25) is 0 Å². The maximum atomic E-state index is 6.97. The zero-order chi connectivity index (χ0) is 34.7. The van der Waals surface area contributed by atoms with E-state index in [9.17, 15) is 0 Å². The van der Waals surface area contributed by atoms with Gasteiger partial charge in [-0.05, 0) is 60.2 Å².